The van der Waals surface area contributed by atoms with Crippen LogP contribution < -0.4 is 16.0 Å². The maximum atomic E-state index is 11.7. The van der Waals surface area contributed by atoms with Gasteiger partial charge in [-0.05, 0) is 12.1 Å². The fourth-order valence-electron chi connectivity index (χ4n) is 2.10. The van der Waals surface area contributed by atoms with Crippen LogP contribution in [0, 0.1) is 10.4 Å². The molecule has 0 bridgehead atoms. The van der Waals surface area contributed by atoms with Crippen molar-refractivity contribution in [2.75, 3.05) is 19.0 Å². The van der Waals surface area contributed by atoms with Gasteiger partial charge in [-0.1, -0.05) is 12.1 Å². The van der Waals surface area contributed by atoms with Crippen LogP contribution in [0.3, 0.4) is 0 Å². The van der Waals surface area contributed by atoms with Crippen molar-refractivity contribution in [2.24, 2.45) is 0 Å². The van der Waals surface area contributed by atoms with Crippen molar-refractivity contribution in [1.29, 1.82) is 0 Å². The minimum Gasteiger partial charge on any atom is -0.378 e. The zero-order chi connectivity index (χ0) is 13.6. The van der Waals surface area contributed by atoms with Gasteiger partial charge in [-0.3, -0.25) is 9.59 Å². The first-order chi connectivity index (χ1) is 9.08. The summed E-state index contributed by atoms with van der Waals surface area (Å²) in [5.41, 5.74) is 1.43. The van der Waals surface area contributed by atoms with Gasteiger partial charge < -0.3 is 4.90 Å². The first kappa shape index (κ1) is 17.5. The molecular weight excluding hydrogens is 402 g/mol. The van der Waals surface area contributed by atoms with Gasteiger partial charge in [-0.2, -0.15) is 0 Å². The van der Waals surface area contributed by atoms with E-state index in [1.54, 1.807) is 0 Å². The van der Waals surface area contributed by atoms with Gasteiger partial charge in [0.15, 0.2) is 0 Å². The number of aromatic nitrogens is 2. The molecular formula is C14H13Br2N3O2. The zero-order valence-electron chi connectivity index (χ0n) is 11.4. The average Bonchev–Trinajstić information content (AvgIpc) is 2.92. The topological polar surface area (TPSA) is 63.2 Å². The van der Waals surface area contributed by atoms with Crippen molar-refractivity contribution in [3.63, 3.8) is 0 Å². The molecule has 0 N–H and O–H groups in total. The second kappa shape index (κ2) is 6.44. The van der Waals surface area contributed by atoms with Gasteiger partial charge in [0.1, 0.15) is 0 Å². The highest BCUT2D eigenvalue weighted by molar-refractivity contribution is 8.93. The van der Waals surface area contributed by atoms with Gasteiger partial charge in [-0.25, -0.2) is 9.97 Å². The highest BCUT2D eigenvalue weighted by atomic mass is 79.9. The molecule has 1 aromatic carbocycles. The molecule has 0 saturated carbocycles. The lowest BCUT2D eigenvalue weighted by molar-refractivity contribution is 1.13. The summed E-state index contributed by atoms with van der Waals surface area (Å²) in [4.78, 5) is 32.9. The number of halogens is 2. The van der Waals surface area contributed by atoms with Crippen molar-refractivity contribution in [2.45, 2.75) is 0 Å². The number of hydrogen-bond donors (Lipinski definition) is 0. The molecule has 0 aromatic heterocycles. The summed E-state index contributed by atoms with van der Waals surface area (Å²) in [6.45, 7) is 0. The van der Waals surface area contributed by atoms with Gasteiger partial charge in [-0.15, -0.1) is 34.0 Å². The third-order valence-corrected chi connectivity index (χ3v) is 3.13. The second-order valence-corrected chi connectivity index (χ2v) is 4.56. The fourth-order valence-corrected chi connectivity index (χ4v) is 2.10. The molecule has 0 amide bonds. The minimum absolute atomic E-state index is 0. The SMILES string of the molecule is Br.Br.CN(C)c1ccc(-c2nc(=O)c3cnc(=O)c2=3)cc1. The van der Waals surface area contributed by atoms with Gasteiger partial charge in [0.2, 0.25) is 0 Å². The minimum atomic E-state index is -0.392. The van der Waals surface area contributed by atoms with Crippen LogP contribution in [0.1, 0.15) is 0 Å². The maximum Gasteiger partial charge on any atom is 0.280 e. The lowest BCUT2D eigenvalue weighted by Crippen LogP contribution is -2.08. The Bertz CT molecular complexity index is 882. The summed E-state index contributed by atoms with van der Waals surface area (Å²) in [5, 5.41) is 0.624. The number of rotatable bonds is 2. The Morgan fingerprint density at radius 1 is 0.952 bits per heavy atom. The van der Waals surface area contributed by atoms with Crippen LogP contribution in [0.15, 0.2) is 40.1 Å². The molecule has 110 valence electrons. The number of nitrogens with zero attached hydrogens (tertiary/aromatic N) is 3. The standard InChI is InChI=1S/C14H11N3O2.2BrH/c1-17(2)9-5-3-8(4-6-9)12-11-10(13(18)16-12)7-15-14(11)19;;/h3-7H,1-2H3;2*1H. The van der Waals surface area contributed by atoms with E-state index in [1.165, 1.54) is 6.20 Å². The third kappa shape index (κ3) is 2.89. The molecule has 0 atom stereocenters. The van der Waals surface area contributed by atoms with Gasteiger partial charge in [0, 0.05) is 31.5 Å². The smallest absolute Gasteiger partial charge is 0.280 e. The van der Waals surface area contributed by atoms with E-state index >= 15 is 0 Å². The summed E-state index contributed by atoms with van der Waals surface area (Å²) in [7, 11) is 3.89. The largest absolute Gasteiger partial charge is 0.378 e. The van der Waals surface area contributed by atoms with Crippen LogP contribution in [0.2, 0.25) is 0 Å². The summed E-state index contributed by atoms with van der Waals surface area (Å²) >= 11 is 0. The Morgan fingerprint density at radius 3 is 2.14 bits per heavy atom. The molecule has 2 aliphatic heterocycles. The number of benzene rings is 1. The first-order valence-electron chi connectivity index (χ1n) is 5.82. The molecule has 0 unspecified atom stereocenters. The van der Waals surface area contributed by atoms with Crippen LogP contribution in [-0.2, 0) is 0 Å². The van der Waals surface area contributed by atoms with Gasteiger partial charge in [0.25, 0.3) is 11.1 Å². The highest BCUT2D eigenvalue weighted by Gasteiger charge is 2.13. The normalized spacial score (nSPS) is 10.0. The molecule has 0 saturated heterocycles. The summed E-state index contributed by atoms with van der Waals surface area (Å²) in [5.74, 6) is 0. The number of anilines is 1. The molecule has 0 radical (unpaired) electrons. The number of hydrogen-bond acceptors (Lipinski definition) is 5. The Labute approximate surface area is 141 Å². The molecule has 1 aromatic rings. The van der Waals surface area contributed by atoms with Crippen molar-refractivity contribution in [3.8, 4) is 11.3 Å². The van der Waals surface area contributed by atoms with Crippen molar-refractivity contribution < 1.29 is 0 Å². The summed E-state index contributed by atoms with van der Waals surface area (Å²) in [6.07, 6.45) is 1.30. The van der Waals surface area contributed by atoms with Crippen LogP contribution in [-0.4, -0.2) is 24.1 Å². The van der Waals surface area contributed by atoms with Crippen LogP contribution in [0.5, 0.6) is 0 Å². The van der Waals surface area contributed by atoms with Crippen LogP contribution in [0.25, 0.3) is 11.3 Å². The van der Waals surface area contributed by atoms with E-state index in [4.69, 9.17) is 0 Å². The average molecular weight is 415 g/mol. The van der Waals surface area contributed by atoms with E-state index in [1.807, 2.05) is 43.3 Å². The van der Waals surface area contributed by atoms with Crippen molar-refractivity contribution >= 4 is 39.7 Å². The van der Waals surface area contributed by atoms with E-state index in [9.17, 15) is 9.59 Å². The Hall–Kier alpha value is -1.60. The lowest BCUT2D eigenvalue weighted by atomic mass is 10.1. The Balaban J connectivity index is 0.00000110. The predicted molar refractivity (Wildman–Crippen MR) is 92.7 cm³/mol. The molecule has 2 heterocycles. The van der Waals surface area contributed by atoms with Crippen molar-refractivity contribution in [3.05, 3.63) is 61.6 Å². The molecule has 2 aliphatic rings. The molecule has 21 heavy (non-hydrogen) atoms. The first-order valence-corrected chi connectivity index (χ1v) is 5.82. The second-order valence-electron chi connectivity index (χ2n) is 4.56. The Kier molecular flexibility index (Phi) is 5.36. The van der Waals surface area contributed by atoms with Crippen LogP contribution >= 0.6 is 34.0 Å². The Morgan fingerprint density at radius 2 is 1.57 bits per heavy atom. The monoisotopic (exact) mass is 413 g/mol. The maximum absolute atomic E-state index is 11.7. The van der Waals surface area contributed by atoms with E-state index in [0.717, 1.165) is 11.3 Å². The zero-order valence-corrected chi connectivity index (χ0v) is 14.8. The third-order valence-electron chi connectivity index (χ3n) is 3.13. The van der Waals surface area contributed by atoms with E-state index in [-0.39, 0.29) is 34.0 Å². The molecule has 0 aliphatic carbocycles. The quantitative estimate of drug-likeness (QED) is 0.638. The van der Waals surface area contributed by atoms with E-state index in [2.05, 4.69) is 9.97 Å². The van der Waals surface area contributed by atoms with E-state index in [0.29, 0.717) is 16.1 Å². The van der Waals surface area contributed by atoms with Gasteiger partial charge in [0.05, 0.1) is 16.1 Å². The van der Waals surface area contributed by atoms with Crippen molar-refractivity contribution in [1.82, 2.24) is 9.97 Å². The fraction of sp³-hybridized carbons (Fsp3) is 0.143. The molecule has 7 heteroatoms. The van der Waals surface area contributed by atoms with E-state index < -0.39 is 11.1 Å². The van der Waals surface area contributed by atoms with Crippen LogP contribution in [0.4, 0.5) is 5.69 Å². The molecule has 3 rings (SSSR count). The molecule has 0 spiro atoms. The highest BCUT2D eigenvalue weighted by Crippen LogP contribution is 2.20. The molecule has 0 fully saturated rings. The predicted octanol–water partition coefficient (Wildman–Crippen LogP) is 1.69. The lowest BCUT2D eigenvalue weighted by Gasteiger charge is -2.12. The summed E-state index contributed by atoms with van der Waals surface area (Å²) in [6, 6.07) is 7.54. The summed E-state index contributed by atoms with van der Waals surface area (Å²) < 4.78 is 0. The molecule has 5 nitrogen and oxygen atoms in total. The van der Waals surface area contributed by atoms with Gasteiger partial charge >= 0.3 is 0 Å².